The molecular formula is C28H29N3O10. The van der Waals surface area contributed by atoms with Gasteiger partial charge in [-0.25, -0.2) is 0 Å². The summed E-state index contributed by atoms with van der Waals surface area (Å²) in [6.07, 6.45) is -8.07. The molecule has 13 heteroatoms. The van der Waals surface area contributed by atoms with Crippen molar-refractivity contribution in [2.45, 2.75) is 50.0 Å². The highest BCUT2D eigenvalue weighted by Gasteiger charge is 2.45. The van der Waals surface area contributed by atoms with E-state index < -0.39 is 54.6 Å². The molecular weight excluding hydrogens is 538 g/mol. The van der Waals surface area contributed by atoms with E-state index in [2.05, 4.69) is 10.0 Å². The van der Waals surface area contributed by atoms with E-state index in [1.807, 2.05) is 0 Å². The number of aliphatic hydroxyl groups excluding tert-OH is 4. The summed E-state index contributed by atoms with van der Waals surface area (Å²) in [5.74, 6) is -1.92. The molecule has 1 fully saturated rings. The van der Waals surface area contributed by atoms with E-state index in [4.69, 9.17) is 15.0 Å². The van der Waals surface area contributed by atoms with Gasteiger partial charge in [0.1, 0.15) is 53.0 Å². The van der Waals surface area contributed by atoms with Crippen LogP contribution in [0, 0.1) is 0 Å². The third kappa shape index (κ3) is 6.69. The van der Waals surface area contributed by atoms with Crippen LogP contribution in [0.4, 0.5) is 5.69 Å². The largest absolute Gasteiger partial charge is 0.508 e. The predicted molar refractivity (Wildman–Crippen MR) is 143 cm³/mol. The predicted octanol–water partition coefficient (Wildman–Crippen LogP) is 2.33. The van der Waals surface area contributed by atoms with E-state index in [0.29, 0.717) is 11.3 Å². The number of rotatable bonds is 10. The molecule has 7 N–H and O–H groups in total. The highest BCUT2D eigenvalue weighted by atomic mass is 16.7. The van der Waals surface area contributed by atoms with Crippen molar-refractivity contribution >= 4 is 11.5 Å². The van der Waals surface area contributed by atoms with Crippen LogP contribution in [-0.2, 0) is 17.6 Å². The Bertz CT molecular complexity index is 1420. The van der Waals surface area contributed by atoms with Crippen molar-refractivity contribution in [2.24, 2.45) is 5.11 Å². The van der Waals surface area contributed by atoms with Crippen LogP contribution in [0.3, 0.4) is 0 Å². The third-order valence-corrected chi connectivity index (χ3v) is 6.77. The lowest BCUT2D eigenvalue weighted by atomic mass is 9.95. The Morgan fingerprint density at radius 3 is 2.24 bits per heavy atom. The normalized spacial score (nSPS) is 22.1. The van der Waals surface area contributed by atoms with Crippen molar-refractivity contribution in [3.8, 4) is 23.0 Å². The number of carbonyl (C=O) groups is 1. The van der Waals surface area contributed by atoms with E-state index in [-0.39, 0.29) is 41.9 Å². The molecule has 0 aliphatic carbocycles. The number of nitrogens with zero attached hydrogens (tertiary/aromatic N) is 3. The first-order valence-corrected chi connectivity index (χ1v) is 12.6. The maximum atomic E-state index is 13.5. The van der Waals surface area contributed by atoms with Crippen molar-refractivity contribution in [1.29, 1.82) is 0 Å². The second-order valence-electron chi connectivity index (χ2n) is 9.53. The lowest BCUT2D eigenvalue weighted by molar-refractivity contribution is -0.277. The monoisotopic (exact) mass is 567 g/mol. The van der Waals surface area contributed by atoms with Crippen LogP contribution in [0.2, 0.25) is 0 Å². The highest BCUT2D eigenvalue weighted by Crippen LogP contribution is 2.41. The number of phenolic OH excluding ortho intramolecular Hbond substituents is 3. The average Bonchev–Trinajstić information content (AvgIpc) is 2.96. The zero-order valence-electron chi connectivity index (χ0n) is 21.6. The Kier molecular flexibility index (Phi) is 9.30. The quantitative estimate of drug-likeness (QED) is 0.0818. The summed E-state index contributed by atoms with van der Waals surface area (Å²) in [6, 6.07) is 13.6. The smallest absolute Gasteiger partial charge is 0.229 e. The SMILES string of the molecule is [N-]=[N+]=Nc1ccc(Cc2c(O)cc(O[C@H]3O[C@H](CO)[C@@H](O)[C@H](O)[C@H]3O)c(C(=O)CCc3ccc(O)cc3)c2O)cc1. The van der Waals surface area contributed by atoms with Crippen molar-refractivity contribution in [3.05, 3.63) is 87.3 Å². The lowest BCUT2D eigenvalue weighted by Crippen LogP contribution is -2.60. The maximum absolute atomic E-state index is 13.5. The Hall–Kier alpha value is -4.36. The number of ether oxygens (including phenoxy) is 2. The number of ketones is 1. The molecule has 0 amide bonds. The minimum absolute atomic E-state index is 0.00401. The Morgan fingerprint density at radius 1 is 0.951 bits per heavy atom. The van der Waals surface area contributed by atoms with Crippen LogP contribution in [0.25, 0.3) is 10.4 Å². The summed E-state index contributed by atoms with van der Waals surface area (Å²) in [6.45, 7) is -0.711. The van der Waals surface area contributed by atoms with Crippen molar-refractivity contribution in [1.82, 2.24) is 0 Å². The molecule has 0 unspecified atom stereocenters. The molecule has 4 rings (SSSR count). The molecule has 5 atom stereocenters. The number of azide groups is 1. The molecule has 0 radical (unpaired) electrons. The van der Waals surface area contributed by atoms with E-state index in [1.165, 1.54) is 12.1 Å². The summed E-state index contributed by atoms with van der Waals surface area (Å²) in [5, 5.41) is 75.2. The first-order chi connectivity index (χ1) is 19.6. The number of aliphatic hydroxyl groups is 4. The van der Waals surface area contributed by atoms with Crippen LogP contribution >= 0.6 is 0 Å². The van der Waals surface area contributed by atoms with Gasteiger partial charge in [0.05, 0.1) is 6.61 Å². The number of phenols is 3. The number of Topliss-reactive ketones (excluding diaryl/α,β-unsaturated/α-hetero) is 1. The van der Waals surface area contributed by atoms with Crippen LogP contribution < -0.4 is 4.74 Å². The molecule has 13 nitrogen and oxygen atoms in total. The number of hydrogen-bond acceptors (Lipinski definition) is 11. The van der Waals surface area contributed by atoms with Gasteiger partial charge in [0.2, 0.25) is 6.29 Å². The Morgan fingerprint density at radius 2 is 1.61 bits per heavy atom. The first kappa shape index (κ1) is 29.6. The molecule has 3 aromatic carbocycles. The third-order valence-electron chi connectivity index (χ3n) is 6.77. The fraction of sp³-hybridized carbons (Fsp3) is 0.321. The van der Waals surface area contributed by atoms with Crippen molar-refractivity contribution in [3.63, 3.8) is 0 Å². The summed E-state index contributed by atoms with van der Waals surface area (Å²) in [7, 11) is 0. The van der Waals surface area contributed by atoms with Crippen LogP contribution in [0.1, 0.15) is 33.5 Å². The number of aryl methyl sites for hydroxylation is 1. The van der Waals surface area contributed by atoms with E-state index in [1.54, 1.807) is 36.4 Å². The minimum Gasteiger partial charge on any atom is -0.508 e. The van der Waals surface area contributed by atoms with Crippen LogP contribution in [0.5, 0.6) is 23.0 Å². The first-order valence-electron chi connectivity index (χ1n) is 12.6. The molecule has 1 saturated heterocycles. The molecule has 0 bridgehead atoms. The molecule has 0 aromatic heterocycles. The Labute approximate surface area is 233 Å². The summed E-state index contributed by atoms with van der Waals surface area (Å²) >= 11 is 0. The molecule has 1 aliphatic heterocycles. The maximum Gasteiger partial charge on any atom is 0.229 e. The zero-order chi connectivity index (χ0) is 29.7. The van der Waals surface area contributed by atoms with Gasteiger partial charge in [-0.1, -0.05) is 41.5 Å². The zero-order valence-corrected chi connectivity index (χ0v) is 21.6. The van der Waals surface area contributed by atoms with Gasteiger partial charge < -0.3 is 45.2 Å². The number of aromatic hydroxyl groups is 3. The number of carbonyl (C=O) groups excluding carboxylic acids is 1. The standard InChI is InChI=1S/C28H29N3O10/c29-31-30-16-6-1-15(2-7-16)11-18-20(35)12-21(40-28-27(39)26(38)25(37)22(13-32)41-28)23(24(18)36)19(34)10-5-14-3-8-17(33)9-4-14/h1-4,6-9,12,22,25-28,32-33,35-39H,5,10-11,13H2/t22-,25-,26+,27-,28+/m1/s1. The summed E-state index contributed by atoms with van der Waals surface area (Å²) in [4.78, 5) is 16.2. The molecule has 0 saturated carbocycles. The van der Waals surface area contributed by atoms with Gasteiger partial charge in [-0.3, -0.25) is 4.79 Å². The van der Waals surface area contributed by atoms with Gasteiger partial charge in [0.25, 0.3) is 0 Å². The number of hydrogen-bond donors (Lipinski definition) is 7. The molecule has 41 heavy (non-hydrogen) atoms. The molecule has 216 valence electrons. The fourth-order valence-corrected chi connectivity index (χ4v) is 4.48. The lowest BCUT2D eigenvalue weighted by Gasteiger charge is -2.39. The molecule has 3 aromatic rings. The second-order valence-corrected chi connectivity index (χ2v) is 9.53. The van der Waals surface area contributed by atoms with Gasteiger partial charge in [-0.05, 0) is 35.2 Å². The van der Waals surface area contributed by atoms with Crippen LogP contribution in [0.15, 0.2) is 59.7 Å². The van der Waals surface area contributed by atoms with Gasteiger partial charge in [0.15, 0.2) is 5.78 Å². The number of benzene rings is 3. The van der Waals surface area contributed by atoms with Crippen molar-refractivity contribution < 1.29 is 50.0 Å². The minimum atomic E-state index is -1.80. The van der Waals surface area contributed by atoms with Gasteiger partial charge >= 0.3 is 0 Å². The van der Waals surface area contributed by atoms with E-state index in [9.17, 15) is 40.5 Å². The van der Waals surface area contributed by atoms with Crippen molar-refractivity contribution in [2.75, 3.05) is 6.61 Å². The average molecular weight is 568 g/mol. The highest BCUT2D eigenvalue weighted by molar-refractivity contribution is 6.02. The molecule has 1 heterocycles. The molecule has 1 aliphatic rings. The summed E-state index contributed by atoms with van der Waals surface area (Å²) < 4.78 is 11.1. The van der Waals surface area contributed by atoms with Gasteiger partial charge in [0, 0.05) is 35.1 Å². The van der Waals surface area contributed by atoms with Gasteiger partial charge in [-0.15, -0.1) is 0 Å². The van der Waals surface area contributed by atoms with Gasteiger partial charge in [-0.2, -0.15) is 0 Å². The molecule has 0 spiro atoms. The summed E-state index contributed by atoms with van der Waals surface area (Å²) in [5.41, 5.74) is 9.97. The van der Waals surface area contributed by atoms with Crippen LogP contribution in [-0.4, -0.2) is 78.8 Å². The van der Waals surface area contributed by atoms with E-state index >= 15 is 0 Å². The second kappa shape index (κ2) is 12.9. The van der Waals surface area contributed by atoms with E-state index in [0.717, 1.165) is 11.6 Å². The Balaban J connectivity index is 1.69. The fourth-order valence-electron chi connectivity index (χ4n) is 4.48. The topological polar surface area (TPSA) is 226 Å².